The van der Waals surface area contributed by atoms with Crippen molar-refractivity contribution < 1.29 is 13.9 Å². The fourth-order valence-corrected chi connectivity index (χ4v) is 4.55. The van der Waals surface area contributed by atoms with E-state index in [1.165, 1.54) is 10.6 Å². The van der Waals surface area contributed by atoms with Crippen molar-refractivity contribution in [2.75, 3.05) is 7.11 Å². The molecule has 1 amide bonds. The Labute approximate surface area is 154 Å². The molecule has 0 bridgehead atoms. The highest BCUT2D eigenvalue weighted by Gasteiger charge is 2.25. The standard InChI is InChI=1S/C18H20N4O3S/c1-4-22-16-12-9-19-21(2)13(12)6-8-15(16)26-18(22)20-17(23)14-7-5-11(25-14)10-24-3/h5,7,9H,4,6,8,10H2,1-3H3. The van der Waals surface area contributed by atoms with Crippen LogP contribution >= 0.6 is 11.3 Å². The Morgan fingerprint density at radius 3 is 3.04 bits per heavy atom. The lowest BCUT2D eigenvalue weighted by Crippen LogP contribution is -2.18. The van der Waals surface area contributed by atoms with E-state index in [0.29, 0.717) is 17.2 Å². The maximum Gasteiger partial charge on any atom is 0.315 e. The number of thiazole rings is 1. The largest absolute Gasteiger partial charge is 0.453 e. The van der Waals surface area contributed by atoms with Crippen LogP contribution in [0.5, 0.6) is 0 Å². The van der Waals surface area contributed by atoms with Crippen molar-refractivity contribution in [1.82, 2.24) is 14.3 Å². The van der Waals surface area contributed by atoms with Crippen LogP contribution in [0.1, 0.15) is 33.8 Å². The van der Waals surface area contributed by atoms with Gasteiger partial charge in [-0.3, -0.25) is 9.48 Å². The van der Waals surface area contributed by atoms with Gasteiger partial charge in [0.1, 0.15) is 12.4 Å². The summed E-state index contributed by atoms with van der Waals surface area (Å²) in [5, 5.41) is 4.39. The van der Waals surface area contributed by atoms with Gasteiger partial charge in [0.15, 0.2) is 10.6 Å². The van der Waals surface area contributed by atoms with Gasteiger partial charge >= 0.3 is 5.91 Å². The maximum absolute atomic E-state index is 12.5. The first-order valence-corrected chi connectivity index (χ1v) is 9.34. The van der Waals surface area contributed by atoms with Crippen LogP contribution in [-0.4, -0.2) is 27.4 Å². The van der Waals surface area contributed by atoms with Gasteiger partial charge in [-0.15, -0.1) is 11.3 Å². The zero-order valence-corrected chi connectivity index (χ0v) is 15.8. The first kappa shape index (κ1) is 17.0. The molecule has 0 N–H and O–H groups in total. The van der Waals surface area contributed by atoms with Gasteiger partial charge in [-0.2, -0.15) is 10.1 Å². The van der Waals surface area contributed by atoms with E-state index >= 15 is 0 Å². The summed E-state index contributed by atoms with van der Waals surface area (Å²) >= 11 is 1.57. The number of aryl methyl sites for hydroxylation is 2. The monoisotopic (exact) mass is 372 g/mol. The molecule has 0 unspecified atom stereocenters. The minimum Gasteiger partial charge on any atom is -0.453 e. The fraction of sp³-hybridized carbons (Fsp3) is 0.389. The summed E-state index contributed by atoms with van der Waals surface area (Å²) in [5.41, 5.74) is 3.50. The first-order chi connectivity index (χ1) is 12.6. The molecule has 4 rings (SSSR count). The second-order valence-corrected chi connectivity index (χ2v) is 7.21. The van der Waals surface area contributed by atoms with E-state index in [4.69, 9.17) is 9.15 Å². The van der Waals surface area contributed by atoms with Crippen molar-refractivity contribution in [2.45, 2.75) is 32.9 Å². The predicted molar refractivity (Wildman–Crippen MR) is 96.9 cm³/mol. The zero-order chi connectivity index (χ0) is 18.3. The van der Waals surface area contributed by atoms with E-state index in [1.54, 1.807) is 30.6 Å². The van der Waals surface area contributed by atoms with Crippen LogP contribution in [0.25, 0.3) is 11.3 Å². The SMILES string of the molecule is CCn1c2c(sc1=NC(=O)c1ccc(COC)o1)CCc1c-2cnn1C. The Balaban J connectivity index is 1.77. The molecule has 0 fully saturated rings. The Hall–Kier alpha value is -2.45. The molecule has 8 heteroatoms. The number of hydrogen-bond acceptors (Lipinski definition) is 5. The molecule has 1 aliphatic rings. The predicted octanol–water partition coefficient (Wildman–Crippen LogP) is 2.55. The van der Waals surface area contributed by atoms with Crippen molar-refractivity contribution >= 4 is 17.2 Å². The highest BCUT2D eigenvalue weighted by molar-refractivity contribution is 7.09. The van der Waals surface area contributed by atoms with Crippen molar-refractivity contribution in [3.63, 3.8) is 0 Å². The molecule has 26 heavy (non-hydrogen) atoms. The number of methoxy groups -OCH3 is 1. The van der Waals surface area contributed by atoms with Gasteiger partial charge in [-0.1, -0.05) is 0 Å². The van der Waals surface area contributed by atoms with Crippen LogP contribution in [0.2, 0.25) is 0 Å². The lowest BCUT2D eigenvalue weighted by molar-refractivity contribution is 0.0962. The Morgan fingerprint density at radius 1 is 1.42 bits per heavy atom. The van der Waals surface area contributed by atoms with Crippen molar-refractivity contribution in [1.29, 1.82) is 0 Å². The number of carbonyl (C=O) groups excluding carboxylic acids is 1. The highest BCUT2D eigenvalue weighted by atomic mass is 32.1. The minimum absolute atomic E-state index is 0.230. The van der Waals surface area contributed by atoms with Gasteiger partial charge in [-0.05, 0) is 31.9 Å². The van der Waals surface area contributed by atoms with Gasteiger partial charge in [0.25, 0.3) is 0 Å². The molecular weight excluding hydrogens is 352 g/mol. The molecule has 0 aliphatic heterocycles. The number of ether oxygens (including phenoxy) is 1. The molecule has 0 atom stereocenters. The van der Waals surface area contributed by atoms with Crippen LogP contribution < -0.4 is 4.80 Å². The molecule has 0 spiro atoms. The summed E-state index contributed by atoms with van der Waals surface area (Å²) in [6.45, 7) is 3.13. The van der Waals surface area contributed by atoms with Crippen LogP contribution in [0.15, 0.2) is 27.7 Å². The maximum atomic E-state index is 12.5. The number of nitrogens with zero attached hydrogens (tertiary/aromatic N) is 4. The van der Waals surface area contributed by atoms with Crippen LogP contribution in [0.4, 0.5) is 0 Å². The summed E-state index contributed by atoms with van der Waals surface area (Å²) in [6, 6.07) is 3.38. The van der Waals surface area contributed by atoms with Gasteiger partial charge in [-0.25, -0.2) is 0 Å². The van der Waals surface area contributed by atoms with Crippen LogP contribution in [0.3, 0.4) is 0 Å². The molecule has 0 radical (unpaired) electrons. The number of rotatable bonds is 4. The van der Waals surface area contributed by atoms with E-state index in [1.807, 2.05) is 17.9 Å². The summed E-state index contributed by atoms with van der Waals surface area (Å²) in [4.78, 5) is 18.8. The topological polar surface area (TPSA) is 74.6 Å². The Bertz CT molecular complexity index is 1040. The third kappa shape index (κ3) is 2.75. The van der Waals surface area contributed by atoms with Gasteiger partial charge in [0.05, 0.1) is 11.9 Å². The quantitative estimate of drug-likeness (QED) is 0.705. The zero-order valence-electron chi connectivity index (χ0n) is 15.0. The average Bonchev–Trinajstić information content (AvgIpc) is 3.32. The van der Waals surface area contributed by atoms with E-state index in [9.17, 15) is 4.79 Å². The van der Waals surface area contributed by atoms with Gasteiger partial charge < -0.3 is 13.7 Å². The second-order valence-electron chi connectivity index (χ2n) is 6.15. The molecule has 0 saturated carbocycles. The first-order valence-electron chi connectivity index (χ1n) is 8.52. The summed E-state index contributed by atoms with van der Waals surface area (Å²) in [6.07, 6.45) is 3.80. The molecule has 7 nitrogen and oxygen atoms in total. The lowest BCUT2D eigenvalue weighted by Gasteiger charge is -2.15. The Kier molecular flexibility index (Phi) is 4.37. The third-order valence-electron chi connectivity index (χ3n) is 4.56. The molecule has 3 aromatic heterocycles. The molecule has 3 aromatic rings. The number of furan rings is 1. The smallest absolute Gasteiger partial charge is 0.315 e. The van der Waals surface area contributed by atoms with E-state index in [0.717, 1.165) is 30.6 Å². The number of carbonyl (C=O) groups is 1. The highest BCUT2D eigenvalue weighted by Crippen LogP contribution is 2.34. The summed E-state index contributed by atoms with van der Waals surface area (Å²) in [5.74, 6) is 0.465. The van der Waals surface area contributed by atoms with Crippen LogP contribution in [0, 0.1) is 0 Å². The van der Waals surface area contributed by atoms with Crippen LogP contribution in [-0.2, 0) is 37.8 Å². The lowest BCUT2D eigenvalue weighted by atomic mass is 10.00. The van der Waals surface area contributed by atoms with Crippen molar-refractivity contribution in [2.24, 2.45) is 12.0 Å². The minimum atomic E-state index is -0.375. The number of amides is 1. The molecule has 0 aromatic carbocycles. The number of fused-ring (bicyclic) bond motifs is 3. The third-order valence-corrected chi connectivity index (χ3v) is 5.70. The van der Waals surface area contributed by atoms with Gasteiger partial charge in [0.2, 0.25) is 0 Å². The molecule has 0 saturated heterocycles. The van der Waals surface area contributed by atoms with E-state index in [2.05, 4.69) is 21.6 Å². The molecular formula is C18H20N4O3S. The Morgan fingerprint density at radius 2 is 2.27 bits per heavy atom. The van der Waals surface area contributed by atoms with E-state index in [-0.39, 0.29) is 11.7 Å². The fourth-order valence-electron chi connectivity index (χ4n) is 3.35. The van der Waals surface area contributed by atoms with Crippen molar-refractivity contribution in [3.05, 3.63) is 45.2 Å². The number of aromatic nitrogens is 3. The second kappa shape index (κ2) is 6.69. The average molecular weight is 372 g/mol. The summed E-state index contributed by atoms with van der Waals surface area (Å²) < 4.78 is 14.5. The summed E-state index contributed by atoms with van der Waals surface area (Å²) in [7, 11) is 3.55. The van der Waals surface area contributed by atoms with E-state index < -0.39 is 0 Å². The van der Waals surface area contributed by atoms with Gasteiger partial charge in [0, 0.05) is 36.8 Å². The molecule has 136 valence electrons. The molecule has 1 aliphatic carbocycles. The normalized spacial score (nSPS) is 13.7. The van der Waals surface area contributed by atoms with Crippen molar-refractivity contribution in [3.8, 4) is 11.3 Å². The molecule has 3 heterocycles. The number of hydrogen-bond donors (Lipinski definition) is 0.